The summed E-state index contributed by atoms with van der Waals surface area (Å²) in [6.45, 7) is -0.00116. The van der Waals surface area contributed by atoms with Crippen LogP contribution in [0.4, 0.5) is 4.39 Å². The summed E-state index contributed by atoms with van der Waals surface area (Å²) >= 11 is 0. The average molecular weight is 407 g/mol. The molecular formula is C22H18FN3O4. The molecule has 8 heteroatoms. The van der Waals surface area contributed by atoms with Crippen LogP contribution in [0.1, 0.15) is 33.5 Å². The molecule has 0 fully saturated rings. The van der Waals surface area contributed by atoms with Crippen LogP contribution in [0.2, 0.25) is 0 Å². The van der Waals surface area contributed by atoms with Gasteiger partial charge in [-0.2, -0.15) is 5.26 Å². The predicted octanol–water partition coefficient (Wildman–Crippen LogP) is 3.17. The Morgan fingerprint density at radius 2 is 1.97 bits per heavy atom. The number of nitrogens with zero attached hydrogens (tertiary/aromatic N) is 2. The van der Waals surface area contributed by atoms with Gasteiger partial charge in [-0.05, 0) is 42.0 Å². The third-order valence-corrected chi connectivity index (χ3v) is 4.39. The molecule has 2 aromatic carbocycles. The summed E-state index contributed by atoms with van der Waals surface area (Å²) in [5.41, 5.74) is 6.07. The van der Waals surface area contributed by atoms with E-state index in [-0.39, 0.29) is 17.9 Å². The van der Waals surface area contributed by atoms with Gasteiger partial charge in [-0.25, -0.2) is 4.39 Å². The van der Waals surface area contributed by atoms with Gasteiger partial charge in [0, 0.05) is 7.05 Å². The van der Waals surface area contributed by atoms with Crippen molar-refractivity contribution < 1.29 is 23.1 Å². The van der Waals surface area contributed by atoms with E-state index in [2.05, 4.69) is 0 Å². The maximum Gasteiger partial charge on any atom is 0.290 e. The Labute approximate surface area is 172 Å². The van der Waals surface area contributed by atoms with E-state index < -0.39 is 23.7 Å². The first-order chi connectivity index (χ1) is 14.4. The number of carbonyl (C=O) groups is 2. The lowest BCUT2D eigenvalue weighted by molar-refractivity contribution is -0.122. The number of hydrogen-bond acceptors (Lipinski definition) is 5. The third kappa shape index (κ3) is 4.47. The minimum Gasteiger partial charge on any atom is -0.484 e. The number of amides is 2. The standard InChI is InChI=1S/C22H18FN3O4/c1-26(20(21(25)27)14-6-4-7-16(23)11-14)22(28)19-10-9-17(30-19)13-29-18-8-3-2-5-15(18)12-24/h2-11,20H,13H2,1H3,(H2,25,27). The molecule has 2 N–H and O–H groups in total. The van der Waals surface area contributed by atoms with Crippen molar-refractivity contribution in [2.75, 3.05) is 7.05 Å². The van der Waals surface area contributed by atoms with Crippen molar-refractivity contribution in [3.8, 4) is 11.8 Å². The van der Waals surface area contributed by atoms with Gasteiger partial charge < -0.3 is 19.8 Å². The normalized spacial score (nSPS) is 11.4. The van der Waals surface area contributed by atoms with E-state index in [1.165, 1.54) is 31.3 Å². The monoisotopic (exact) mass is 407 g/mol. The fourth-order valence-electron chi connectivity index (χ4n) is 2.95. The second-order valence-electron chi connectivity index (χ2n) is 6.44. The first-order valence-electron chi connectivity index (χ1n) is 8.93. The van der Waals surface area contributed by atoms with Gasteiger partial charge in [0.05, 0.1) is 5.56 Å². The number of nitrogens with two attached hydrogens (primary N) is 1. The van der Waals surface area contributed by atoms with E-state index in [9.17, 15) is 14.0 Å². The zero-order valence-corrected chi connectivity index (χ0v) is 16.0. The number of ether oxygens (including phenoxy) is 1. The molecule has 152 valence electrons. The molecular weight excluding hydrogens is 389 g/mol. The Morgan fingerprint density at radius 3 is 2.67 bits per heavy atom. The second kappa shape index (κ2) is 8.92. The third-order valence-electron chi connectivity index (χ3n) is 4.39. The molecule has 1 aromatic heterocycles. The number of primary amides is 1. The average Bonchev–Trinajstić information content (AvgIpc) is 3.20. The largest absolute Gasteiger partial charge is 0.484 e. The van der Waals surface area contributed by atoms with Crippen LogP contribution < -0.4 is 10.5 Å². The first-order valence-corrected chi connectivity index (χ1v) is 8.93. The number of rotatable bonds is 7. The lowest BCUT2D eigenvalue weighted by Gasteiger charge is -2.25. The van der Waals surface area contributed by atoms with Gasteiger partial charge in [0.1, 0.15) is 36.0 Å². The highest BCUT2D eigenvalue weighted by Crippen LogP contribution is 2.23. The number of nitriles is 1. The summed E-state index contributed by atoms with van der Waals surface area (Å²) in [6, 6.07) is 15.9. The van der Waals surface area contributed by atoms with E-state index in [4.69, 9.17) is 20.1 Å². The molecule has 0 aliphatic rings. The Hall–Kier alpha value is -4.12. The molecule has 1 atom stereocenters. The van der Waals surface area contributed by atoms with E-state index in [0.29, 0.717) is 17.1 Å². The van der Waals surface area contributed by atoms with Gasteiger partial charge in [0.15, 0.2) is 5.76 Å². The number of halogens is 1. The number of benzene rings is 2. The molecule has 7 nitrogen and oxygen atoms in total. The summed E-state index contributed by atoms with van der Waals surface area (Å²) in [6.07, 6.45) is 0. The van der Waals surface area contributed by atoms with Crippen LogP contribution in [0, 0.1) is 17.1 Å². The van der Waals surface area contributed by atoms with Crippen LogP contribution in [-0.2, 0) is 11.4 Å². The Bertz CT molecular complexity index is 1120. The van der Waals surface area contributed by atoms with Crippen LogP contribution >= 0.6 is 0 Å². The molecule has 1 unspecified atom stereocenters. The van der Waals surface area contributed by atoms with Gasteiger partial charge in [0.25, 0.3) is 5.91 Å². The van der Waals surface area contributed by atoms with Gasteiger partial charge in [-0.15, -0.1) is 0 Å². The van der Waals surface area contributed by atoms with E-state index >= 15 is 0 Å². The topological polar surface area (TPSA) is 110 Å². The molecule has 0 bridgehead atoms. The fraction of sp³-hybridized carbons (Fsp3) is 0.136. The van der Waals surface area contributed by atoms with E-state index in [1.807, 2.05) is 6.07 Å². The van der Waals surface area contributed by atoms with Crippen LogP contribution in [0.3, 0.4) is 0 Å². The van der Waals surface area contributed by atoms with Crippen molar-refractivity contribution in [1.82, 2.24) is 4.90 Å². The number of hydrogen-bond donors (Lipinski definition) is 1. The first kappa shape index (κ1) is 20.6. The number of carbonyl (C=O) groups excluding carboxylic acids is 2. The highest BCUT2D eigenvalue weighted by Gasteiger charge is 2.29. The number of likely N-dealkylation sites (N-methyl/N-ethyl adjacent to an activating group) is 1. The van der Waals surface area contributed by atoms with Crippen molar-refractivity contribution in [1.29, 1.82) is 5.26 Å². The molecule has 30 heavy (non-hydrogen) atoms. The maximum atomic E-state index is 13.6. The SMILES string of the molecule is CN(C(=O)c1ccc(COc2ccccc2C#N)o1)C(C(N)=O)c1cccc(F)c1. The highest BCUT2D eigenvalue weighted by atomic mass is 19.1. The Morgan fingerprint density at radius 1 is 1.20 bits per heavy atom. The highest BCUT2D eigenvalue weighted by molar-refractivity contribution is 5.95. The molecule has 3 aromatic rings. The minimum absolute atomic E-state index is 0.00116. The van der Waals surface area contributed by atoms with Crippen molar-refractivity contribution in [3.63, 3.8) is 0 Å². The zero-order chi connectivity index (χ0) is 21.7. The molecule has 0 saturated heterocycles. The molecule has 2 amide bonds. The smallest absolute Gasteiger partial charge is 0.290 e. The summed E-state index contributed by atoms with van der Waals surface area (Å²) in [5.74, 6) is -1.25. The van der Waals surface area contributed by atoms with Crippen LogP contribution in [0.5, 0.6) is 5.75 Å². The lowest BCUT2D eigenvalue weighted by Crippen LogP contribution is -2.39. The molecule has 0 aliphatic carbocycles. The fourth-order valence-corrected chi connectivity index (χ4v) is 2.95. The van der Waals surface area contributed by atoms with E-state index in [1.54, 1.807) is 30.3 Å². The predicted molar refractivity (Wildman–Crippen MR) is 105 cm³/mol. The molecule has 0 radical (unpaired) electrons. The summed E-state index contributed by atoms with van der Waals surface area (Å²) in [7, 11) is 1.38. The van der Waals surface area contributed by atoms with Crippen molar-refractivity contribution >= 4 is 11.8 Å². The Kier molecular flexibility index (Phi) is 6.13. The minimum atomic E-state index is -1.17. The van der Waals surface area contributed by atoms with Gasteiger partial charge >= 0.3 is 0 Å². The van der Waals surface area contributed by atoms with E-state index in [0.717, 1.165) is 11.0 Å². The van der Waals surface area contributed by atoms with Crippen LogP contribution in [0.25, 0.3) is 0 Å². The molecule has 0 saturated carbocycles. The Balaban J connectivity index is 1.74. The molecule has 0 aliphatic heterocycles. The summed E-state index contributed by atoms with van der Waals surface area (Å²) in [4.78, 5) is 25.8. The lowest BCUT2D eigenvalue weighted by atomic mass is 10.0. The van der Waals surface area contributed by atoms with Crippen LogP contribution in [-0.4, -0.2) is 23.8 Å². The van der Waals surface area contributed by atoms with Gasteiger partial charge in [-0.3, -0.25) is 9.59 Å². The molecule has 0 spiro atoms. The van der Waals surface area contributed by atoms with Crippen molar-refractivity contribution in [2.24, 2.45) is 5.73 Å². The zero-order valence-electron chi connectivity index (χ0n) is 16.0. The number of para-hydroxylation sites is 1. The number of furan rings is 1. The maximum absolute atomic E-state index is 13.6. The van der Waals surface area contributed by atoms with Gasteiger partial charge in [0.2, 0.25) is 5.91 Å². The quantitative estimate of drug-likeness (QED) is 0.647. The van der Waals surface area contributed by atoms with Crippen molar-refractivity contribution in [3.05, 3.63) is 89.1 Å². The van der Waals surface area contributed by atoms with Crippen LogP contribution in [0.15, 0.2) is 65.1 Å². The summed E-state index contributed by atoms with van der Waals surface area (Å²) < 4.78 is 24.7. The van der Waals surface area contributed by atoms with Gasteiger partial charge in [-0.1, -0.05) is 24.3 Å². The molecule has 3 rings (SSSR count). The van der Waals surface area contributed by atoms with Crippen molar-refractivity contribution in [2.45, 2.75) is 12.6 Å². The summed E-state index contributed by atoms with van der Waals surface area (Å²) in [5, 5.41) is 9.10. The second-order valence-corrected chi connectivity index (χ2v) is 6.44. The molecule has 1 heterocycles.